The lowest BCUT2D eigenvalue weighted by atomic mass is 10.2. The van der Waals surface area contributed by atoms with Crippen molar-refractivity contribution in [1.82, 2.24) is 19.8 Å². The van der Waals surface area contributed by atoms with Crippen molar-refractivity contribution in [2.45, 2.75) is 11.8 Å². The molecule has 0 saturated heterocycles. The van der Waals surface area contributed by atoms with E-state index < -0.39 is 10.0 Å². The second-order valence-electron chi connectivity index (χ2n) is 5.60. The van der Waals surface area contributed by atoms with Crippen LogP contribution in [0.2, 0.25) is 0 Å². The van der Waals surface area contributed by atoms with E-state index in [4.69, 9.17) is 0 Å². The zero-order valence-corrected chi connectivity index (χ0v) is 14.0. The van der Waals surface area contributed by atoms with Gasteiger partial charge in [-0.15, -0.1) is 0 Å². The Labute approximate surface area is 132 Å². The van der Waals surface area contributed by atoms with E-state index in [0.29, 0.717) is 19.3 Å². The van der Waals surface area contributed by atoms with Gasteiger partial charge >= 0.3 is 0 Å². The van der Waals surface area contributed by atoms with Gasteiger partial charge in [0.05, 0.1) is 18.2 Å². The number of benzene rings is 1. The number of likely N-dealkylation sites (N-methyl/N-ethyl adjacent to an activating group) is 1. The lowest BCUT2D eigenvalue weighted by Gasteiger charge is -2.27. The van der Waals surface area contributed by atoms with Crippen LogP contribution in [0, 0.1) is 6.92 Å². The summed E-state index contributed by atoms with van der Waals surface area (Å²) >= 11 is 0. The molecule has 1 heterocycles. The molecule has 0 aliphatic carbocycles. The van der Waals surface area contributed by atoms with E-state index in [1.54, 1.807) is 24.3 Å². The topological polar surface area (TPSA) is 77.0 Å². The Morgan fingerprint density at radius 2 is 2.00 bits per heavy atom. The molecule has 0 aromatic heterocycles. The van der Waals surface area contributed by atoms with E-state index in [2.05, 4.69) is 24.8 Å². The number of aryl methyl sites for hydroxylation is 1. The van der Waals surface area contributed by atoms with E-state index >= 15 is 0 Å². The van der Waals surface area contributed by atoms with Gasteiger partial charge in [-0.2, -0.15) is 0 Å². The number of nitrogens with one attached hydrogen (secondary N) is 2. The van der Waals surface area contributed by atoms with E-state index in [-0.39, 0.29) is 4.90 Å². The van der Waals surface area contributed by atoms with E-state index in [1.807, 2.05) is 21.0 Å². The van der Waals surface area contributed by atoms with Crippen LogP contribution in [0.25, 0.3) is 0 Å². The standard InChI is InChI=1S/C14H23N5O2S/c1-12-4-6-13(7-5-12)22(20,21)17-14-15-10-19(11-16-14)9-8-18(2)3/h4-7H,8-11H2,1-3H3,(H2,15,16,17). The largest absolute Gasteiger partial charge is 0.343 e. The van der Waals surface area contributed by atoms with Crippen LogP contribution in [0.1, 0.15) is 5.56 Å². The Kier molecular flexibility index (Phi) is 5.38. The molecule has 2 N–H and O–H groups in total. The number of rotatable bonds is 5. The molecule has 0 saturated carbocycles. The predicted octanol–water partition coefficient (Wildman–Crippen LogP) is 0.0111. The monoisotopic (exact) mass is 325 g/mol. The summed E-state index contributed by atoms with van der Waals surface area (Å²) in [5.74, 6) is 0.293. The minimum atomic E-state index is -3.59. The molecule has 1 aromatic rings. The van der Waals surface area contributed by atoms with E-state index in [1.165, 1.54) is 0 Å². The van der Waals surface area contributed by atoms with Gasteiger partial charge in [-0.1, -0.05) is 17.7 Å². The van der Waals surface area contributed by atoms with Gasteiger partial charge in [-0.05, 0) is 33.2 Å². The number of hydrogen-bond donors (Lipinski definition) is 2. The summed E-state index contributed by atoms with van der Waals surface area (Å²) in [6, 6.07) is 6.72. The summed E-state index contributed by atoms with van der Waals surface area (Å²) in [5.41, 5.74) is 1.02. The van der Waals surface area contributed by atoms with E-state index in [0.717, 1.165) is 18.7 Å². The molecule has 8 heteroatoms. The van der Waals surface area contributed by atoms with Crippen LogP contribution in [0.15, 0.2) is 34.2 Å². The summed E-state index contributed by atoms with van der Waals surface area (Å²) in [7, 11) is 0.441. The van der Waals surface area contributed by atoms with Crippen LogP contribution in [0.3, 0.4) is 0 Å². The summed E-state index contributed by atoms with van der Waals surface area (Å²) < 4.78 is 27.0. The maximum atomic E-state index is 12.3. The maximum Gasteiger partial charge on any atom is 0.264 e. The Morgan fingerprint density at radius 3 is 2.55 bits per heavy atom. The molecule has 1 aliphatic heterocycles. The maximum absolute atomic E-state index is 12.3. The fourth-order valence-corrected chi connectivity index (χ4v) is 2.93. The zero-order valence-electron chi connectivity index (χ0n) is 13.2. The first kappa shape index (κ1) is 16.7. The Bertz CT molecular complexity index is 625. The first-order chi connectivity index (χ1) is 10.4. The third-order valence-electron chi connectivity index (χ3n) is 3.32. The normalized spacial score (nSPS) is 16.3. The third kappa shape index (κ3) is 4.69. The van der Waals surface area contributed by atoms with Gasteiger partial charge < -0.3 is 10.2 Å². The number of guanidine groups is 1. The van der Waals surface area contributed by atoms with Gasteiger partial charge in [0.15, 0.2) is 0 Å². The van der Waals surface area contributed by atoms with Crippen LogP contribution in [-0.2, 0) is 10.0 Å². The first-order valence-electron chi connectivity index (χ1n) is 7.12. The Morgan fingerprint density at radius 1 is 1.32 bits per heavy atom. The zero-order chi connectivity index (χ0) is 16.2. The number of sulfonamides is 1. The number of nitrogens with zero attached hydrogens (tertiary/aromatic N) is 3. The van der Waals surface area contributed by atoms with Crippen LogP contribution < -0.4 is 10.0 Å². The third-order valence-corrected chi connectivity index (χ3v) is 4.68. The summed E-state index contributed by atoms with van der Waals surface area (Å²) in [5, 5.41) is 3.00. The molecule has 2 rings (SSSR count). The van der Waals surface area contributed by atoms with Crippen LogP contribution in [0.4, 0.5) is 0 Å². The van der Waals surface area contributed by atoms with Gasteiger partial charge in [0, 0.05) is 13.1 Å². The van der Waals surface area contributed by atoms with Gasteiger partial charge in [0.2, 0.25) is 5.96 Å². The van der Waals surface area contributed by atoms with Crippen molar-refractivity contribution >= 4 is 16.0 Å². The summed E-state index contributed by atoms with van der Waals surface area (Å²) in [6.07, 6.45) is 0. The van der Waals surface area contributed by atoms with E-state index in [9.17, 15) is 8.42 Å². The van der Waals surface area contributed by atoms with Gasteiger partial charge in [-0.25, -0.2) is 18.1 Å². The first-order valence-corrected chi connectivity index (χ1v) is 8.60. The molecule has 22 heavy (non-hydrogen) atoms. The molecule has 7 nitrogen and oxygen atoms in total. The average Bonchev–Trinajstić information content (AvgIpc) is 2.46. The number of hydrogen-bond acceptors (Lipinski definition) is 6. The molecular weight excluding hydrogens is 302 g/mol. The second kappa shape index (κ2) is 7.08. The Balaban J connectivity index is 1.95. The highest BCUT2D eigenvalue weighted by Gasteiger charge is 2.19. The number of aliphatic imine (C=N–C) groups is 1. The predicted molar refractivity (Wildman–Crippen MR) is 87.1 cm³/mol. The lowest BCUT2D eigenvalue weighted by molar-refractivity contribution is 0.233. The molecule has 0 radical (unpaired) electrons. The Hall–Kier alpha value is -1.64. The van der Waals surface area contributed by atoms with Crippen molar-refractivity contribution in [2.75, 3.05) is 40.5 Å². The molecule has 0 atom stereocenters. The van der Waals surface area contributed by atoms with Crippen molar-refractivity contribution in [2.24, 2.45) is 4.99 Å². The fraction of sp³-hybridized carbons (Fsp3) is 0.500. The summed E-state index contributed by atoms with van der Waals surface area (Å²) in [4.78, 5) is 8.67. The smallest absolute Gasteiger partial charge is 0.264 e. The van der Waals surface area contributed by atoms with Crippen molar-refractivity contribution in [3.8, 4) is 0 Å². The second-order valence-corrected chi connectivity index (χ2v) is 7.28. The molecule has 0 amide bonds. The minimum Gasteiger partial charge on any atom is -0.343 e. The van der Waals surface area contributed by atoms with Crippen LogP contribution in [0.5, 0.6) is 0 Å². The molecule has 0 bridgehead atoms. The lowest BCUT2D eigenvalue weighted by Crippen LogP contribution is -2.51. The molecular formula is C14H23N5O2S. The van der Waals surface area contributed by atoms with Gasteiger partial charge in [0.25, 0.3) is 10.0 Å². The van der Waals surface area contributed by atoms with Crippen molar-refractivity contribution < 1.29 is 8.42 Å². The van der Waals surface area contributed by atoms with Crippen molar-refractivity contribution in [3.05, 3.63) is 29.8 Å². The van der Waals surface area contributed by atoms with Gasteiger partial charge in [-0.3, -0.25) is 4.90 Å². The molecule has 0 unspecified atom stereocenters. The highest BCUT2D eigenvalue weighted by molar-refractivity contribution is 7.90. The molecule has 0 spiro atoms. The van der Waals surface area contributed by atoms with Crippen molar-refractivity contribution in [3.63, 3.8) is 0 Å². The van der Waals surface area contributed by atoms with Crippen LogP contribution >= 0.6 is 0 Å². The van der Waals surface area contributed by atoms with Crippen molar-refractivity contribution in [1.29, 1.82) is 0 Å². The average molecular weight is 325 g/mol. The highest BCUT2D eigenvalue weighted by atomic mass is 32.2. The molecule has 0 fully saturated rings. The van der Waals surface area contributed by atoms with Gasteiger partial charge in [0.1, 0.15) is 0 Å². The SMILES string of the molecule is Cc1ccc(S(=O)(=O)NC2=NCN(CCN(C)C)CN2)cc1. The summed E-state index contributed by atoms with van der Waals surface area (Å²) in [6.45, 7) is 4.78. The molecule has 1 aliphatic rings. The molecule has 1 aromatic carbocycles. The highest BCUT2D eigenvalue weighted by Crippen LogP contribution is 2.09. The van der Waals surface area contributed by atoms with Crippen LogP contribution in [-0.4, -0.2) is 64.7 Å². The quantitative estimate of drug-likeness (QED) is 0.798. The molecule has 122 valence electrons. The minimum absolute atomic E-state index is 0.234. The fourth-order valence-electron chi connectivity index (χ4n) is 1.93.